The van der Waals surface area contributed by atoms with Crippen molar-refractivity contribution in [1.82, 2.24) is 10.6 Å². The number of nitrogens with one attached hydrogen (secondary N) is 2. The minimum atomic E-state index is -0.124. The molecule has 144 valence electrons. The molecule has 2 N–H and O–H groups in total. The van der Waals surface area contributed by atoms with Crippen LogP contribution in [0.1, 0.15) is 47.3 Å². The van der Waals surface area contributed by atoms with E-state index in [0.29, 0.717) is 36.1 Å². The molecule has 5 heteroatoms. The molecule has 5 nitrogen and oxygen atoms in total. The lowest BCUT2D eigenvalue weighted by atomic mass is 10.1. The SMILES string of the molecule is COc1cc(C(=O)NCc2ccc3c(c2)CNC3)ccc1OCCC(C)C. The highest BCUT2D eigenvalue weighted by molar-refractivity contribution is 5.94. The number of hydrogen-bond donors (Lipinski definition) is 2. The zero-order chi connectivity index (χ0) is 19.2. The van der Waals surface area contributed by atoms with Gasteiger partial charge in [-0.05, 0) is 47.2 Å². The molecule has 0 unspecified atom stereocenters. The molecular weight excluding hydrogens is 340 g/mol. The molecule has 27 heavy (non-hydrogen) atoms. The summed E-state index contributed by atoms with van der Waals surface area (Å²) in [4.78, 5) is 12.5. The molecule has 1 amide bonds. The van der Waals surface area contributed by atoms with Gasteiger partial charge in [-0.25, -0.2) is 0 Å². The average Bonchev–Trinajstić information content (AvgIpc) is 3.13. The lowest BCUT2D eigenvalue weighted by Crippen LogP contribution is -2.23. The van der Waals surface area contributed by atoms with Crippen LogP contribution in [0.5, 0.6) is 11.5 Å². The van der Waals surface area contributed by atoms with Crippen molar-refractivity contribution in [3.8, 4) is 11.5 Å². The van der Waals surface area contributed by atoms with Crippen LogP contribution in [0.15, 0.2) is 36.4 Å². The van der Waals surface area contributed by atoms with Gasteiger partial charge < -0.3 is 20.1 Å². The zero-order valence-electron chi connectivity index (χ0n) is 16.3. The van der Waals surface area contributed by atoms with Gasteiger partial charge in [0, 0.05) is 25.2 Å². The van der Waals surface area contributed by atoms with Gasteiger partial charge in [-0.1, -0.05) is 32.0 Å². The van der Waals surface area contributed by atoms with Gasteiger partial charge >= 0.3 is 0 Å². The number of ether oxygens (including phenoxy) is 2. The van der Waals surface area contributed by atoms with Gasteiger partial charge in [-0.3, -0.25) is 4.79 Å². The normalized spacial score (nSPS) is 12.7. The molecule has 0 atom stereocenters. The van der Waals surface area contributed by atoms with Gasteiger partial charge in [-0.15, -0.1) is 0 Å². The summed E-state index contributed by atoms with van der Waals surface area (Å²) in [6.45, 7) is 7.27. The first-order valence-electron chi connectivity index (χ1n) is 9.47. The van der Waals surface area contributed by atoms with Crippen molar-refractivity contribution in [2.24, 2.45) is 5.92 Å². The fraction of sp³-hybridized carbons (Fsp3) is 0.409. The number of carbonyl (C=O) groups is 1. The van der Waals surface area contributed by atoms with Crippen LogP contribution in [-0.2, 0) is 19.6 Å². The summed E-state index contributed by atoms with van der Waals surface area (Å²) in [5.74, 6) is 1.70. The minimum absolute atomic E-state index is 0.124. The Kier molecular flexibility index (Phi) is 6.35. The van der Waals surface area contributed by atoms with Crippen molar-refractivity contribution in [3.05, 3.63) is 58.7 Å². The van der Waals surface area contributed by atoms with Gasteiger partial charge in [0.2, 0.25) is 0 Å². The lowest BCUT2D eigenvalue weighted by Gasteiger charge is -2.13. The Morgan fingerprint density at radius 2 is 1.93 bits per heavy atom. The molecule has 0 spiro atoms. The molecule has 2 aromatic rings. The van der Waals surface area contributed by atoms with Crippen molar-refractivity contribution in [2.45, 2.75) is 39.9 Å². The van der Waals surface area contributed by atoms with Gasteiger partial charge in [0.05, 0.1) is 13.7 Å². The van der Waals surface area contributed by atoms with E-state index in [9.17, 15) is 4.79 Å². The summed E-state index contributed by atoms with van der Waals surface area (Å²) >= 11 is 0. The Hall–Kier alpha value is -2.53. The van der Waals surface area contributed by atoms with E-state index in [-0.39, 0.29) is 5.91 Å². The van der Waals surface area contributed by atoms with E-state index in [1.165, 1.54) is 11.1 Å². The maximum Gasteiger partial charge on any atom is 0.251 e. The quantitative estimate of drug-likeness (QED) is 0.747. The molecule has 2 aromatic carbocycles. The highest BCUT2D eigenvalue weighted by atomic mass is 16.5. The van der Waals surface area contributed by atoms with Gasteiger partial charge in [0.15, 0.2) is 11.5 Å². The van der Waals surface area contributed by atoms with Crippen LogP contribution in [0.3, 0.4) is 0 Å². The topological polar surface area (TPSA) is 59.6 Å². The first-order valence-corrected chi connectivity index (χ1v) is 9.47. The highest BCUT2D eigenvalue weighted by Gasteiger charge is 2.13. The molecule has 0 aliphatic carbocycles. The number of hydrogen-bond acceptors (Lipinski definition) is 4. The number of carbonyl (C=O) groups excluding carboxylic acids is 1. The third-order valence-electron chi connectivity index (χ3n) is 4.73. The second-order valence-corrected chi connectivity index (χ2v) is 7.29. The Morgan fingerprint density at radius 1 is 1.11 bits per heavy atom. The first kappa shape index (κ1) is 19.2. The minimum Gasteiger partial charge on any atom is -0.493 e. The van der Waals surface area contributed by atoms with Crippen LogP contribution in [-0.4, -0.2) is 19.6 Å². The van der Waals surface area contributed by atoms with Crippen molar-refractivity contribution in [3.63, 3.8) is 0 Å². The zero-order valence-corrected chi connectivity index (χ0v) is 16.3. The maximum atomic E-state index is 12.5. The Bertz CT molecular complexity index is 802. The fourth-order valence-corrected chi connectivity index (χ4v) is 3.08. The third-order valence-corrected chi connectivity index (χ3v) is 4.73. The smallest absolute Gasteiger partial charge is 0.251 e. The highest BCUT2D eigenvalue weighted by Crippen LogP contribution is 2.28. The van der Waals surface area contributed by atoms with Crippen LogP contribution in [0, 0.1) is 5.92 Å². The van der Waals surface area contributed by atoms with Crippen molar-refractivity contribution in [2.75, 3.05) is 13.7 Å². The number of benzene rings is 2. The summed E-state index contributed by atoms with van der Waals surface area (Å²) in [5, 5.41) is 6.31. The van der Waals surface area contributed by atoms with E-state index in [4.69, 9.17) is 9.47 Å². The van der Waals surface area contributed by atoms with Crippen LogP contribution in [0.2, 0.25) is 0 Å². The van der Waals surface area contributed by atoms with E-state index in [1.54, 1.807) is 25.3 Å². The summed E-state index contributed by atoms with van der Waals surface area (Å²) < 4.78 is 11.2. The Balaban J connectivity index is 1.60. The monoisotopic (exact) mass is 368 g/mol. The largest absolute Gasteiger partial charge is 0.493 e. The Labute approximate surface area is 161 Å². The lowest BCUT2D eigenvalue weighted by molar-refractivity contribution is 0.0950. The van der Waals surface area contributed by atoms with Gasteiger partial charge in [-0.2, -0.15) is 0 Å². The summed E-state index contributed by atoms with van der Waals surface area (Å²) in [5.41, 5.74) is 4.31. The van der Waals surface area contributed by atoms with E-state index < -0.39 is 0 Å². The molecule has 3 rings (SSSR count). The van der Waals surface area contributed by atoms with E-state index in [2.05, 4.69) is 42.7 Å². The van der Waals surface area contributed by atoms with Crippen molar-refractivity contribution in [1.29, 1.82) is 0 Å². The summed E-state index contributed by atoms with van der Waals surface area (Å²) in [6, 6.07) is 11.7. The number of amides is 1. The fourth-order valence-electron chi connectivity index (χ4n) is 3.08. The molecule has 0 radical (unpaired) electrons. The Morgan fingerprint density at radius 3 is 2.70 bits per heavy atom. The summed E-state index contributed by atoms with van der Waals surface area (Å²) in [6.07, 6.45) is 0.974. The van der Waals surface area contributed by atoms with E-state index >= 15 is 0 Å². The number of methoxy groups -OCH3 is 1. The molecule has 0 saturated carbocycles. The first-order chi connectivity index (χ1) is 13.1. The van der Waals surface area contributed by atoms with Crippen LogP contribution in [0.4, 0.5) is 0 Å². The number of rotatable bonds is 8. The molecule has 0 aromatic heterocycles. The van der Waals surface area contributed by atoms with Crippen molar-refractivity contribution >= 4 is 5.91 Å². The van der Waals surface area contributed by atoms with Crippen LogP contribution >= 0.6 is 0 Å². The molecule has 0 bridgehead atoms. The maximum absolute atomic E-state index is 12.5. The molecule has 1 aliphatic heterocycles. The molecular formula is C22H28N2O3. The molecule has 0 saturated heterocycles. The third kappa shape index (κ3) is 5.01. The average molecular weight is 368 g/mol. The van der Waals surface area contributed by atoms with Crippen molar-refractivity contribution < 1.29 is 14.3 Å². The molecule has 0 fully saturated rings. The van der Waals surface area contributed by atoms with E-state index in [0.717, 1.165) is 25.1 Å². The standard InChI is InChI=1S/C22H28N2O3/c1-15(2)8-9-27-20-7-6-17(11-21(20)26-3)22(25)24-12-16-4-5-18-13-23-14-19(18)10-16/h4-7,10-11,15,23H,8-9,12-14H2,1-3H3,(H,24,25). The molecule has 1 heterocycles. The van der Waals surface area contributed by atoms with Crippen LogP contribution < -0.4 is 20.1 Å². The molecule has 1 aliphatic rings. The van der Waals surface area contributed by atoms with Gasteiger partial charge in [0.1, 0.15) is 0 Å². The van der Waals surface area contributed by atoms with Crippen LogP contribution in [0.25, 0.3) is 0 Å². The second kappa shape index (κ2) is 8.91. The van der Waals surface area contributed by atoms with E-state index in [1.807, 2.05) is 0 Å². The van der Waals surface area contributed by atoms with Gasteiger partial charge in [0.25, 0.3) is 5.91 Å². The predicted molar refractivity (Wildman–Crippen MR) is 106 cm³/mol. The predicted octanol–water partition coefficient (Wildman–Crippen LogP) is 3.65. The summed E-state index contributed by atoms with van der Waals surface area (Å²) in [7, 11) is 1.59. The number of fused-ring (bicyclic) bond motifs is 1. The second-order valence-electron chi connectivity index (χ2n) is 7.29.